The third-order valence-electron chi connectivity index (χ3n) is 3.81. The first-order valence-electron chi connectivity index (χ1n) is 7.65. The van der Waals surface area contributed by atoms with Crippen LogP contribution in [-0.2, 0) is 19.5 Å². The second kappa shape index (κ2) is 6.75. The average Bonchev–Trinajstić information content (AvgIpc) is 3.24. The van der Waals surface area contributed by atoms with E-state index in [0.29, 0.717) is 35.6 Å². The van der Waals surface area contributed by atoms with Crippen molar-refractivity contribution >= 4 is 11.6 Å². The summed E-state index contributed by atoms with van der Waals surface area (Å²) in [6.07, 6.45) is 4.02. The molecule has 1 aliphatic carbocycles. The molecule has 118 valence electrons. The van der Waals surface area contributed by atoms with Crippen LogP contribution in [0.1, 0.15) is 43.5 Å². The van der Waals surface area contributed by atoms with Gasteiger partial charge in [-0.15, -0.1) is 0 Å². The molecule has 1 fully saturated rings. The minimum atomic E-state index is -0.268. The van der Waals surface area contributed by atoms with Crippen molar-refractivity contribution in [1.82, 2.24) is 15.0 Å². The summed E-state index contributed by atoms with van der Waals surface area (Å²) in [5.74, 6) is 1.05. The number of aromatic nitrogens is 2. The highest BCUT2D eigenvalue weighted by Gasteiger charge is 2.31. The van der Waals surface area contributed by atoms with Crippen LogP contribution in [0, 0.1) is 5.82 Å². The van der Waals surface area contributed by atoms with Crippen molar-refractivity contribution in [2.24, 2.45) is 0 Å². The van der Waals surface area contributed by atoms with Crippen molar-refractivity contribution in [3.8, 4) is 0 Å². The summed E-state index contributed by atoms with van der Waals surface area (Å²) < 4.78 is 19.3. The van der Waals surface area contributed by atoms with E-state index in [1.54, 1.807) is 12.1 Å². The minimum absolute atomic E-state index is 0.268. The van der Waals surface area contributed by atoms with Gasteiger partial charge in [0.25, 0.3) is 0 Å². The fourth-order valence-corrected chi connectivity index (χ4v) is 2.72. The molecule has 0 amide bonds. The van der Waals surface area contributed by atoms with Gasteiger partial charge >= 0.3 is 0 Å². The van der Waals surface area contributed by atoms with Gasteiger partial charge in [-0.05, 0) is 31.4 Å². The lowest BCUT2D eigenvalue weighted by Crippen LogP contribution is -2.26. The number of hydrogen-bond donors (Lipinski definition) is 0. The molecule has 0 atom stereocenters. The number of rotatable bonds is 7. The zero-order valence-corrected chi connectivity index (χ0v) is 13.3. The molecule has 2 aromatic rings. The smallest absolute Gasteiger partial charge is 0.240 e. The van der Waals surface area contributed by atoms with Crippen LogP contribution in [0.15, 0.2) is 22.7 Å². The predicted molar refractivity (Wildman–Crippen MR) is 82.0 cm³/mol. The molecule has 0 unspecified atom stereocenters. The summed E-state index contributed by atoms with van der Waals surface area (Å²) in [5, 5.41) is 4.43. The van der Waals surface area contributed by atoms with Crippen LogP contribution in [0.3, 0.4) is 0 Å². The van der Waals surface area contributed by atoms with E-state index in [2.05, 4.69) is 22.0 Å². The van der Waals surface area contributed by atoms with Crippen molar-refractivity contribution < 1.29 is 8.91 Å². The number of nitrogens with zero attached hydrogens (tertiary/aromatic N) is 3. The van der Waals surface area contributed by atoms with Gasteiger partial charge in [-0.3, -0.25) is 4.90 Å². The van der Waals surface area contributed by atoms with Crippen LogP contribution in [0.2, 0.25) is 5.02 Å². The van der Waals surface area contributed by atoms with Gasteiger partial charge in [-0.1, -0.05) is 29.7 Å². The Bertz CT molecular complexity index is 622. The number of hydrogen-bond acceptors (Lipinski definition) is 4. The van der Waals surface area contributed by atoms with Crippen molar-refractivity contribution in [3.63, 3.8) is 0 Å². The van der Waals surface area contributed by atoms with Gasteiger partial charge < -0.3 is 4.52 Å². The largest absolute Gasteiger partial charge is 0.338 e. The molecule has 1 aliphatic rings. The van der Waals surface area contributed by atoms with Gasteiger partial charge in [0.15, 0.2) is 5.82 Å². The van der Waals surface area contributed by atoms with Crippen LogP contribution in [0.5, 0.6) is 0 Å². The summed E-state index contributed by atoms with van der Waals surface area (Å²) >= 11 is 6.13. The summed E-state index contributed by atoms with van der Waals surface area (Å²) in [4.78, 5) is 6.55. The third kappa shape index (κ3) is 3.65. The summed E-state index contributed by atoms with van der Waals surface area (Å²) in [6, 6.07) is 5.23. The van der Waals surface area contributed by atoms with E-state index < -0.39 is 0 Å². The number of aryl methyl sites for hydroxylation is 1. The van der Waals surface area contributed by atoms with Gasteiger partial charge in [-0.2, -0.15) is 4.98 Å². The van der Waals surface area contributed by atoms with E-state index in [1.807, 2.05) is 0 Å². The maximum absolute atomic E-state index is 14.0. The summed E-state index contributed by atoms with van der Waals surface area (Å²) in [5.41, 5.74) is 0.532. The van der Waals surface area contributed by atoms with E-state index in [1.165, 1.54) is 6.07 Å². The minimum Gasteiger partial charge on any atom is -0.338 e. The van der Waals surface area contributed by atoms with Crippen LogP contribution >= 0.6 is 11.6 Å². The molecule has 0 saturated heterocycles. The second-order valence-corrected chi connectivity index (χ2v) is 6.10. The molecule has 1 saturated carbocycles. The highest BCUT2D eigenvalue weighted by molar-refractivity contribution is 6.31. The second-order valence-electron chi connectivity index (χ2n) is 5.69. The Labute approximate surface area is 134 Å². The molecule has 0 N–H and O–H groups in total. The fraction of sp³-hybridized carbons (Fsp3) is 0.500. The fourth-order valence-electron chi connectivity index (χ4n) is 2.49. The third-order valence-corrected chi connectivity index (χ3v) is 4.16. The average molecular weight is 324 g/mol. The normalized spacial score (nSPS) is 14.7. The Kier molecular flexibility index (Phi) is 4.74. The quantitative estimate of drug-likeness (QED) is 0.773. The molecular formula is C16H19ClFN3O. The maximum atomic E-state index is 14.0. The summed E-state index contributed by atoms with van der Waals surface area (Å²) in [6.45, 7) is 3.07. The predicted octanol–water partition coefficient (Wildman–Crippen LogP) is 3.98. The lowest BCUT2D eigenvalue weighted by atomic mass is 10.2. The zero-order chi connectivity index (χ0) is 15.5. The van der Waals surface area contributed by atoms with Crippen molar-refractivity contribution in [1.29, 1.82) is 0 Å². The Hall–Kier alpha value is -1.46. The molecule has 4 nitrogen and oxygen atoms in total. The van der Waals surface area contributed by atoms with Gasteiger partial charge in [0.05, 0.1) is 6.54 Å². The van der Waals surface area contributed by atoms with Gasteiger partial charge in [0.1, 0.15) is 5.82 Å². The molecule has 3 rings (SSSR count). The molecule has 0 radical (unpaired) electrons. The van der Waals surface area contributed by atoms with Crippen LogP contribution in [0.25, 0.3) is 0 Å². The molecule has 0 spiro atoms. The van der Waals surface area contributed by atoms with Gasteiger partial charge in [0, 0.05) is 29.6 Å². The number of halogens is 2. The van der Waals surface area contributed by atoms with Gasteiger partial charge in [0.2, 0.25) is 5.89 Å². The Morgan fingerprint density at radius 1 is 1.36 bits per heavy atom. The topological polar surface area (TPSA) is 42.2 Å². The Balaban J connectivity index is 1.73. The zero-order valence-electron chi connectivity index (χ0n) is 12.6. The highest BCUT2D eigenvalue weighted by Crippen LogP contribution is 2.31. The first kappa shape index (κ1) is 15.4. The van der Waals surface area contributed by atoms with E-state index >= 15 is 0 Å². The lowest BCUT2D eigenvalue weighted by Gasteiger charge is -2.20. The Morgan fingerprint density at radius 3 is 2.86 bits per heavy atom. The first-order valence-corrected chi connectivity index (χ1v) is 8.03. The molecule has 6 heteroatoms. The maximum Gasteiger partial charge on any atom is 0.240 e. The number of benzene rings is 1. The van der Waals surface area contributed by atoms with Crippen molar-refractivity contribution in [2.45, 2.75) is 51.7 Å². The lowest BCUT2D eigenvalue weighted by molar-refractivity contribution is 0.207. The summed E-state index contributed by atoms with van der Waals surface area (Å²) in [7, 11) is 0. The van der Waals surface area contributed by atoms with Crippen LogP contribution in [0.4, 0.5) is 4.39 Å². The highest BCUT2D eigenvalue weighted by atomic mass is 35.5. The van der Waals surface area contributed by atoms with Crippen LogP contribution in [-0.4, -0.2) is 21.1 Å². The van der Waals surface area contributed by atoms with Crippen molar-refractivity contribution in [2.75, 3.05) is 0 Å². The molecule has 1 aromatic carbocycles. The first-order chi connectivity index (χ1) is 10.7. The molecule has 1 aromatic heterocycles. The van der Waals surface area contributed by atoms with Crippen molar-refractivity contribution in [3.05, 3.63) is 46.3 Å². The standard InChI is InChI=1S/C16H19ClFN3O/c1-2-4-15-19-16(22-20-15)10-21(11-7-8-11)9-12-13(17)5-3-6-14(12)18/h3,5-6,11H,2,4,7-10H2,1H3. The van der Waals surface area contributed by atoms with Gasteiger partial charge in [-0.25, -0.2) is 4.39 Å². The Morgan fingerprint density at radius 2 is 2.18 bits per heavy atom. The molecule has 22 heavy (non-hydrogen) atoms. The molecule has 1 heterocycles. The van der Waals surface area contributed by atoms with E-state index in [9.17, 15) is 4.39 Å². The van der Waals surface area contributed by atoms with Crippen LogP contribution < -0.4 is 0 Å². The van der Waals surface area contributed by atoms with E-state index in [4.69, 9.17) is 16.1 Å². The van der Waals surface area contributed by atoms with E-state index in [-0.39, 0.29) is 5.82 Å². The monoisotopic (exact) mass is 323 g/mol. The van der Waals surface area contributed by atoms with E-state index in [0.717, 1.165) is 31.5 Å². The molecular weight excluding hydrogens is 305 g/mol. The molecule has 0 aliphatic heterocycles. The SMILES string of the molecule is CCCc1noc(CN(Cc2c(F)cccc2Cl)C2CC2)n1. The molecule has 0 bridgehead atoms.